The van der Waals surface area contributed by atoms with Gasteiger partial charge in [-0.3, -0.25) is 19.7 Å². The summed E-state index contributed by atoms with van der Waals surface area (Å²) in [5.41, 5.74) is 2.81. The Bertz CT molecular complexity index is 992. The van der Waals surface area contributed by atoms with Crippen molar-refractivity contribution in [1.29, 1.82) is 0 Å². The highest BCUT2D eigenvalue weighted by Gasteiger charge is 2.40. The third-order valence-electron chi connectivity index (χ3n) is 4.67. The van der Waals surface area contributed by atoms with Crippen molar-refractivity contribution in [2.24, 2.45) is 11.0 Å². The molecule has 1 aliphatic rings. The minimum atomic E-state index is -0.970. The van der Waals surface area contributed by atoms with Crippen LogP contribution in [0.15, 0.2) is 47.6 Å². The summed E-state index contributed by atoms with van der Waals surface area (Å²) < 4.78 is 5.20. The van der Waals surface area contributed by atoms with Crippen molar-refractivity contribution >= 4 is 23.7 Å². The number of phenols is 1. The summed E-state index contributed by atoms with van der Waals surface area (Å²) in [5.74, 6) is -2.76. The van der Waals surface area contributed by atoms with Crippen LogP contribution in [-0.2, 0) is 9.59 Å². The summed E-state index contributed by atoms with van der Waals surface area (Å²) in [7, 11) is 0. The highest BCUT2D eigenvalue weighted by atomic mass is 16.6. The molecule has 0 unspecified atom stereocenters. The molecule has 0 bridgehead atoms. The Morgan fingerprint density at radius 1 is 1.40 bits per heavy atom. The Morgan fingerprint density at radius 2 is 2.13 bits per heavy atom. The third-order valence-corrected chi connectivity index (χ3v) is 4.67. The number of carbonyl (C=O) groups excluding carboxylic acids is 2. The Labute approximate surface area is 171 Å². The summed E-state index contributed by atoms with van der Waals surface area (Å²) in [6.07, 6.45) is 1.06. The fraction of sp³-hybridized carbons (Fsp3) is 0.250. The molecule has 2 amide bonds. The van der Waals surface area contributed by atoms with Crippen LogP contribution in [0.3, 0.4) is 0 Å². The van der Waals surface area contributed by atoms with Crippen LogP contribution >= 0.6 is 0 Å². The summed E-state index contributed by atoms with van der Waals surface area (Å²) in [5, 5.41) is 27.8. The topological polar surface area (TPSA) is 143 Å². The van der Waals surface area contributed by atoms with Gasteiger partial charge in [0.2, 0.25) is 5.91 Å². The number of ether oxygens (including phenoxy) is 1. The van der Waals surface area contributed by atoms with Crippen LogP contribution in [0.25, 0.3) is 0 Å². The van der Waals surface area contributed by atoms with Gasteiger partial charge in [-0.1, -0.05) is 30.3 Å². The van der Waals surface area contributed by atoms with E-state index < -0.39 is 22.7 Å². The van der Waals surface area contributed by atoms with Crippen molar-refractivity contribution in [2.45, 2.75) is 12.8 Å². The molecule has 156 valence electrons. The van der Waals surface area contributed by atoms with Crippen LogP contribution < -0.4 is 15.5 Å². The molecule has 0 radical (unpaired) electrons. The fourth-order valence-electron chi connectivity index (χ4n) is 3.25. The van der Waals surface area contributed by atoms with Gasteiger partial charge in [0, 0.05) is 24.1 Å². The molecule has 1 aliphatic heterocycles. The van der Waals surface area contributed by atoms with E-state index in [1.165, 1.54) is 0 Å². The van der Waals surface area contributed by atoms with Gasteiger partial charge in [0.05, 0.1) is 23.8 Å². The minimum absolute atomic E-state index is 0.0107. The highest BCUT2D eigenvalue weighted by Crippen LogP contribution is 2.34. The van der Waals surface area contributed by atoms with Gasteiger partial charge in [0.1, 0.15) is 5.92 Å². The van der Waals surface area contributed by atoms with Crippen LogP contribution in [0.2, 0.25) is 0 Å². The second kappa shape index (κ2) is 9.03. The van der Waals surface area contributed by atoms with E-state index in [4.69, 9.17) is 4.74 Å². The van der Waals surface area contributed by atoms with Crippen LogP contribution in [0.4, 0.5) is 5.69 Å². The third kappa shape index (κ3) is 4.37. The van der Waals surface area contributed by atoms with E-state index in [1.807, 2.05) is 30.3 Å². The summed E-state index contributed by atoms with van der Waals surface area (Å²) in [6, 6.07) is 11.4. The SMILES string of the molecule is CCOc1cc([N+](=O)[O-])cc(C=NNC(=O)[C@H]2C(=O)NC[C@@H]2c2ccccc2)c1O. The molecule has 2 aromatic carbocycles. The number of nitro benzene ring substituents is 1. The summed E-state index contributed by atoms with van der Waals surface area (Å²) in [4.78, 5) is 35.2. The molecule has 1 saturated heterocycles. The van der Waals surface area contributed by atoms with E-state index in [0.717, 1.165) is 23.9 Å². The second-order valence-electron chi connectivity index (χ2n) is 6.55. The number of amides is 2. The zero-order valence-corrected chi connectivity index (χ0v) is 16.1. The number of phenolic OH excluding ortho intramolecular Hbond substituents is 1. The number of carbonyl (C=O) groups is 2. The maximum absolute atomic E-state index is 12.6. The number of nitro groups is 1. The average Bonchev–Trinajstić information content (AvgIpc) is 3.12. The Hall–Kier alpha value is -3.95. The first-order valence-corrected chi connectivity index (χ1v) is 9.22. The molecule has 10 heteroatoms. The number of benzene rings is 2. The second-order valence-corrected chi connectivity index (χ2v) is 6.55. The van der Waals surface area contributed by atoms with Crippen molar-refractivity contribution in [1.82, 2.24) is 10.7 Å². The Balaban J connectivity index is 1.78. The fourth-order valence-corrected chi connectivity index (χ4v) is 3.25. The quantitative estimate of drug-likeness (QED) is 0.273. The van der Waals surface area contributed by atoms with Gasteiger partial charge in [-0.15, -0.1) is 0 Å². The molecule has 2 atom stereocenters. The number of hydrazone groups is 1. The number of nitrogens with one attached hydrogen (secondary N) is 2. The first-order chi connectivity index (χ1) is 14.4. The lowest BCUT2D eigenvalue weighted by Crippen LogP contribution is -2.34. The van der Waals surface area contributed by atoms with Gasteiger partial charge < -0.3 is 15.2 Å². The molecule has 1 heterocycles. The number of hydrogen-bond donors (Lipinski definition) is 3. The van der Waals surface area contributed by atoms with E-state index in [1.54, 1.807) is 6.92 Å². The molecular weight excluding hydrogens is 392 g/mol. The Morgan fingerprint density at radius 3 is 2.80 bits per heavy atom. The van der Waals surface area contributed by atoms with Crippen molar-refractivity contribution in [3.63, 3.8) is 0 Å². The van der Waals surface area contributed by atoms with Crippen LogP contribution in [0, 0.1) is 16.0 Å². The van der Waals surface area contributed by atoms with Gasteiger partial charge in [0.15, 0.2) is 11.5 Å². The molecule has 2 aromatic rings. The smallest absolute Gasteiger partial charge is 0.274 e. The molecule has 0 aromatic heterocycles. The molecule has 30 heavy (non-hydrogen) atoms. The van der Waals surface area contributed by atoms with Crippen molar-refractivity contribution < 1.29 is 24.4 Å². The van der Waals surface area contributed by atoms with Crippen LogP contribution in [0.1, 0.15) is 24.0 Å². The van der Waals surface area contributed by atoms with E-state index >= 15 is 0 Å². The average molecular weight is 412 g/mol. The zero-order valence-electron chi connectivity index (χ0n) is 16.1. The van der Waals surface area contributed by atoms with Crippen molar-refractivity contribution in [2.75, 3.05) is 13.2 Å². The number of hydrogen-bond acceptors (Lipinski definition) is 7. The molecule has 0 aliphatic carbocycles. The molecule has 0 spiro atoms. The van der Waals surface area contributed by atoms with E-state index in [-0.39, 0.29) is 35.3 Å². The van der Waals surface area contributed by atoms with Gasteiger partial charge in [0.25, 0.3) is 11.6 Å². The maximum Gasteiger partial charge on any atom is 0.274 e. The maximum atomic E-state index is 12.6. The van der Waals surface area contributed by atoms with Gasteiger partial charge in [-0.25, -0.2) is 5.43 Å². The monoisotopic (exact) mass is 412 g/mol. The summed E-state index contributed by atoms with van der Waals surface area (Å²) >= 11 is 0. The molecular formula is C20H20N4O6. The predicted molar refractivity (Wildman–Crippen MR) is 107 cm³/mol. The number of aromatic hydroxyl groups is 1. The Kier molecular flexibility index (Phi) is 6.26. The van der Waals surface area contributed by atoms with E-state index in [9.17, 15) is 24.8 Å². The first-order valence-electron chi connectivity index (χ1n) is 9.22. The normalized spacial score (nSPS) is 18.2. The lowest BCUT2D eigenvalue weighted by molar-refractivity contribution is -0.385. The first kappa shape index (κ1) is 20.8. The zero-order chi connectivity index (χ0) is 21.7. The van der Waals surface area contributed by atoms with Crippen molar-refractivity contribution in [3.05, 3.63) is 63.7 Å². The van der Waals surface area contributed by atoms with Gasteiger partial charge in [-0.2, -0.15) is 5.10 Å². The van der Waals surface area contributed by atoms with Crippen LogP contribution in [0.5, 0.6) is 11.5 Å². The molecule has 3 rings (SSSR count). The van der Waals surface area contributed by atoms with Crippen molar-refractivity contribution in [3.8, 4) is 11.5 Å². The largest absolute Gasteiger partial charge is 0.504 e. The minimum Gasteiger partial charge on any atom is -0.504 e. The van der Waals surface area contributed by atoms with Gasteiger partial charge in [-0.05, 0) is 12.5 Å². The number of nitrogens with zero attached hydrogens (tertiary/aromatic N) is 2. The van der Waals surface area contributed by atoms with Gasteiger partial charge >= 0.3 is 0 Å². The summed E-state index contributed by atoms with van der Waals surface area (Å²) in [6.45, 7) is 2.19. The van der Waals surface area contributed by atoms with Crippen LogP contribution in [-0.4, -0.2) is 41.2 Å². The number of non-ortho nitro benzene ring substituents is 1. The highest BCUT2D eigenvalue weighted by molar-refractivity contribution is 6.03. The lowest BCUT2D eigenvalue weighted by Gasteiger charge is -2.15. The molecule has 10 nitrogen and oxygen atoms in total. The van der Waals surface area contributed by atoms with E-state index in [0.29, 0.717) is 6.54 Å². The molecule has 1 fully saturated rings. The molecule has 3 N–H and O–H groups in total. The lowest BCUT2D eigenvalue weighted by atomic mass is 9.88. The molecule has 0 saturated carbocycles. The predicted octanol–water partition coefficient (Wildman–Crippen LogP) is 1.68. The number of rotatable bonds is 7. The van der Waals surface area contributed by atoms with E-state index in [2.05, 4.69) is 15.8 Å². The standard InChI is InChI=1S/C20H20N4O6/c1-2-30-16-9-14(24(28)29)8-13(18(16)25)10-22-23-20(27)17-15(11-21-19(17)26)12-6-4-3-5-7-12/h3-10,15,17,25H,2,11H2,1H3,(H,21,26)(H,23,27)/t15-,17-/m1/s1.